The van der Waals surface area contributed by atoms with Crippen molar-refractivity contribution in [1.29, 1.82) is 0 Å². The molecule has 0 unspecified atom stereocenters. The molecule has 0 bridgehead atoms. The minimum absolute atomic E-state index is 0.121. The van der Waals surface area contributed by atoms with E-state index in [1.54, 1.807) is 36.4 Å². The van der Waals surface area contributed by atoms with Gasteiger partial charge in [0, 0.05) is 5.69 Å². The predicted molar refractivity (Wildman–Crippen MR) is 81.2 cm³/mol. The normalized spacial score (nSPS) is 11.2. The lowest BCUT2D eigenvalue weighted by atomic mass is 10.1. The first-order valence-corrected chi connectivity index (χ1v) is 6.54. The first-order chi connectivity index (χ1) is 10.1. The molecular formula is C17H16FNO2. The van der Waals surface area contributed by atoms with Crippen LogP contribution < -0.4 is 5.73 Å². The Balaban J connectivity index is 2.04. The van der Waals surface area contributed by atoms with Crippen molar-refractivity contribution in [2.24, 2.45) is 0 Å². The van der Waals surface area contributed by atoms with Gasteiger partial charge >= 0.3 is 5.97 Å². The largest absolute Gasteiger partial charge is 0.457 e. The number of nitrogen functional groups attached to an aromatic ring is 1. The highest BCUT2D eigenvalue weighted by atomic mass is 19.1. The van der Waals surface area contributed by atoms with Crippen LogP contribution in [-0.2, 0) is 4.74 Å². The van der Waals surface area contributed by atoms with Crippen molar-refractivity contribution in [3.8, 4) is 0 Å². The second kappa shape index (κ2) is 6.70. The van der Waals surface area contributed by atoms with Gasteiger partial charge in [0.25, 0.3) is 0 Å². The molecule has 108 valence electrons. The number of rotatable bonds is 4. The predicted octanol–water partition coefficient (Wildman–Crippen LogP) is 3.67. The number of anilines is 1. The number of hydrogen-bond acceptors (Lipinski definition) is 3. The van der Waals surface area contributed by atoms with Crippen LogP contribution in [-0.4, -0.2) is 12.6 Å². The maximum atomic E-state index is 12.9. The van der Waals surface area contributed by atoms with Gasteiger partial charge < -0.3 is 10.5 Å². The summed E-state index contributed by atoms with van der Waals surface area (Å²) in [5.74, 6) is -0.741. The van der Waals surface area contributed by atoms with E-state index >= 15 is 0 Å². The zero-order chi connectivity index (χ0) is 15.2. The van der Waals surface area contributed by atoms with Crippen molar-refractivity contribution < 1.29 is 13.9 Å². The number of carbonyl (C=O) groups excluding carboxylic acids is 1. The summed E-state index contributed by atoms with van der Waals surface area (Å²) in [4.78, 5) is 11.9. The molecular weight excluding hydrogens is 269 g/mol. The van der Waals surface area contributed by atoms with Gasteiger partial charge in [-0.2, -0.15) is 0 Å². The van der Waals surface area contributed by atoms with E-state index in [9.17, 15) is 9.18 Å². The fraction of sp³-hybridized carbons (Fsp3) is 0.118. The Bertz CT molecular complexity index is 663. The molecule has 0 radical (unpaired) electrons. The lowest BCUT2D eigenvalue weighted by Gasteiger charge is -2.09. The van der Waals surface area contributed by atoms with Gasteiger partial charge in [-0.1, -0.05) is 24.3 Å². The first-order valence-electron chi connectivity index (χ1n) is 6.54. The number of hydrogen-bond donors (Lipinski definition) is 1. The van der Waals surface area contributed by atoms with E-state index in [1.807, 2.05) is 13.0 Å². The van der Waals surface area contributed by atoms with Gasteiger partial charge in [-0.15, -0.1) is 0 Å². The van der Waals surface area contributed by atoms with Gasteiger partial charge in [0.2, 0.25) is 0 Å². The molecule has 0 aliphatic rings. The first kappa shape index (κ1) is 14.8. The fourth-order valence-corrected chi connectivity index (χ4v) is 1.89. The standard InChI is InChI=1S/C17H16FNO2/c1-2-12(13-6-8-15(18)9-7-13)11-21-17(20)14-4-3-5-16(19)10-14/h2-10H,11,19H2,1H3/b12-2+. The van der Waals surface area contributed by atoms with E-state index < -0.39 is 5.97 Å². The number of ether oxygens (including phenoxy) is 1. The fourth-order valence-electron chi connectivity index (χ4n) is 1.89. The second-order valence-corrected chi connectivity index (χ2v) is 4.52. The molecule has 0 aliphatic carbocycles. The maximum Gasteiger partial charge on any atom is 0.338 e. The minimum Gasteiger partial charge on any atom is -0.457 e. The van der Waals surface area contributed by atoms with Gasteiger partial charge in [-0.25, -0.2) is 9.18 Å². The summed E-state index contributed by atoms with van der Waals surface area (Å²) in [5, 5.41) is 0. The minimum atomic E-state index is -0.441. The van der Waals surface area contributed by atoms with Crippen LogP contribution in [0.5, 0.6) is 0 Å². The number of benzene rings is 2. The summed E-state index contributed by atoms with van der Waals surface area (Å²) in [5.41, 5.74) is 8.18. The smallest absolute Gasteiger partial charge is 0.338 e. The lowest BCUT2D eigenvalue weighted by Crippen LogP contribution is -2.08. The van der Waals surface area contributed by atoms with Crippen molar-refractivity contribution in [1.82, 2.24) is 0 Å². The van der Waals surface area contributed by atoms with Crippen LogP contribution in [0.1, 0.15) is 22.8 Å². The number of carbonyl (C=O) groups is 1. The summed E-state index contributed by atoms with van der Waals surface area (Å²) < 4.78 is 18.2. The second-order valence-electron chi connectivity index (χ2n) is 4.52. The van der Waals surface area contributed by atoms with E-state index in [4.69, 9.17) is 10.5 Å². The van der Waals surface area contributed by atoms with Gasteiger partial charge in [0.05, 0.1) is 5.56 Å². The van der Waals surface area contributed by atoms with Gasteiger partial charge in [0.1, 0.15) is 12.4 Å². The Hall–Kier alpha value is -2.62. The molecule has 0 saturated heterocycles. The van der Waals surface area contributed by atoms with Crippen LogP contribution in [0, 0.1) is 5.82 Å². The van der Waals surface area contributed by atoms with Crippen molar-refractivity contribution in [3.63, 3.8) is 0 Å². The highest BCUT2D eigenvalue weighted by Gasteiger charge is 2.09. The Morgan fingerprint density at radius 2 is 1.90 bits per heavy atom. The highest BCUT2D eigenvalue weighted by molar-refractivity contribution is 5.91. The van der Waals surface area contributed by atoms with Crippen LogP contribution in [0.4, 0.5) is 10.1 Å². The number of esters is 1. The molecule has 0 saturated carbocycles. The molecule has 21 heavy (non-hydrogen) atoms. The molecule has 3 nitrogen and oxygen atoms in total. The molecule has 0 heterocycles. The summed E-state index contributed by atoms with van der Waals surface area (Å²) >= 11 is 0. The third-order valence-electron chi connectivity index (χ3n) is 3.04. The zero-order valence-corrected chi connectivity index (χ0v) is 11.7. The van der Waals surface area contributed by atoms with Crippen molar-refractivity contribution >= 4 is 17.2 Å². The Morgan fingerprint density at radius 1 is 1.19 bits per heavy atom. The molecule has 2 aromatic carbocycles. The number of halogens is 1. The molecule has 0 spiro atoms. The Morgan fingerprint density at radius 3 is 2.52 bits per heavy atom. The third kappa shape index (κ3) is 3.92. The van der Waals surface area contributed by atoms with Crippen LogP contribution in [0.2, 0.25) is 0 Å². The average molecular weight is 285 g/mol. The van der Waals surface area contributed by atoms with E-state index in [2.05, 4.69) is 0 Å². The van der Waals surface area contributed by atoms with Crippen molar-refractivity contribution in [2.45, 2.75) is 6.92 Å². The van der Waals surface area contributed by atoms with Gasteiger partial charge in [0.15, 0.2) is 0 Å². The summed E-state index contributed by atoms with van der Waals surface area (Å²) in [7, 11) is 0. The molecule has 2 aromatic rings. The molecule has 0 aliphatic heterocycles. The molecule has 0 aromatic heterocycles. The van der Waals surface area contributed by atoms with E-state index in [-0.39, 0.29) is 12.4 Å². The monoisotopic (exact) mass is 285 g/mol. The van der Waals surface area contributed by atoms with Crippen molar-refractivity contribution in [3.05, 3.63) is 71.6 Å². The number of allylic oxidation sites excluding steroid dienone is 1. The topological polar surface area (TPSA) is 52.3 Å². The molecule has 2 rings (SSSR count). The van der Waals surface area contributed by atoms with E-state index in [1.165, 1.54) is 12.1 Å². The molecule has 0 atom stereocenters. The summed E-state index contributed by atoms with van der Waals surface area (Å²) in [6.45, 7) is 1.96. The van der Waals surface area contributed by atoms with Crippen LogP contribution >= 0.6 is 0 Å². The maximum absolute atomic E-state index is 12.9. The van der Waals surface area contributed by atoms with Crippen molar-refractivity contribution in [2.75, 3.05) is 12.3 Å². The molecule has 2 N–H and O–H groups in total. The van der Waals surface area contributed by atoms with E-state index in [0.29, 0.717) is 11.3 Å². The third-order valence-corrected chi connectivity index (χ3v) is 3.04. The highest BCUT2D eigenvalue weighted by Crippen LogP contribution is 2.16. The van der Waals surface area contributed by atoms with Crippen LogP contribution in [0.25, 0.3) is 5.57 Å². The van der Waals surface area contributed by atoms with Gasteiger partial charge in [-0.05, 0) is 48.4 Å². The number of nitrogens with two attached hydrogens (primary N) is 1. The Labute approximate surface area is 122 Å². The molecule has 0 amide bonds. The zero-order valence-electron chi connectivity index (χ0n) is 11.7. The summed E-state index contributed by atoms with van der Waals surface area (Å²) in [6.07, 6.45) is 1.83. The average Bonchev–Trinajstić information content (AvgIpc) is 2.49. The lowest BCUT2D eigenvalue weighted by molar-refractivity contribution is 0.0557. The van der Waals surface area contributed by atoms with Crippen LogP contribution in [0.3, 0.4) is 0 Å². The van der Waals surface area contributed by atoms with Gasteiger partial charge in [-0.3, -0.25) is 0 Å². The van der Waals surface area contributed by atoms with Crippen LogP contribution in [0.15, 0.2) is 54.6 Å². The summed E-state index contributed by atoms with van der Waals surface area (Å²) in [6, 6.07) is 12.7. The quantitative estimate of drug-likeness (QED) is 0.689. The molecule has 4 heteroatoms. The SMILES string of the molecule is C/C=C(\COC(=O)c1cccc(N)c1)c1ccc(F)cc1. The Kier molecular flexibility index (Phi) is 4.72. The van der Waals surface area contributed by atoms with E-state index in [0.717, 1.165) is 11.1 Å². The molecule has 0 fully saturated rings.